The van der Waals surface area contributed by atoms with Gasteiger partial charge in [0.25, 0.3) is 0 Å². The molecule has 0 bridgehead atoms. The van der Waals surface area contributed by atoms with Crippen LogP contribution in [0.1, 0.15) is 73.6 Å². The Balaban J connectivity index is 5.18. The standard InChI is InChI=1S/C25H34N6/c1-24(2,3)22(16-30)10-20(14-28)8-18(12-26)7-19(13-27)9-21(15-29)11-23(17-31)25(4,5)6/h18-23H,7-11H2,1-6H3. The van der Waals surface area contributed by atoms with Crippen LogP contribution in [0.25, 0.3) is 0 Å². The fraction of sp³-hybridized carbons (Fsp3) is 0.760. The maximum atomic E-state index is 9.61. The molecule has 164 valence electrons. The SMILES string of the molecule is CC(C)(C)C(C#N)CC(C#N)CC(C#N)CC(C#N)CC(C#N)CC(C#N)C(C)(C)C. The van der Waals surface area contributed by atoms with Crippen LogP contribution in [0.2, 0.25) is 0 Å². The third-order valence-electron chi connectivity index (χ3n) is 5.88. The molecule has 0 saturated heterocycles. The lowest BCUT2D eigenvalue weighted by molar-refractivity contribution is 0.245. The van der Waals surface area contributed by atoms with E-state index in [1.165, 1.54) is 0 Å². The fourth-order valence-electron chi connectivity index (χ4n) is 3.61. The Bertz CT molecular complexity index is 749. The summed E-state index contributed by atoms with van der Waals surface area (Å²) in [7, 11) is 0. The second kappa shape index (κ2) is 12.6. The Morgan fingerprint density at radius 1 is 0.419 bits per heavy atom. The van der Waals surface area contributed by atoms with Gasteiger partial charge in [-0.25, -0.2) is 0 Å². The molecule has 0 aromatic carbocycles. The van der Waals surface area contributed by atoms with Crippen molar-refractivity contribution in [1.82, 2.24) is 0 Å². The highest BCUT2D eigenvalue weighted by Crippen LogP contribution is 2.35. The molecule has 0 radical (unpaired) electrons. The summed E-state index contributed by atoms with van der Waals surface area (Å²) in [6.45, 7) is 11.7. The van der Waals surface area contributed by atoms with Gasteiger partial charge in [-0.3, -0.25) is 0 Å². The molecule has 0 aromatic rings. The topological polar surface area (TPSA) is 143 Å². The van der Waals surface area contributed by atoms with Crippen molar-refractivity contribution in [2.45, 2.75) is 73.6 Å². The summed E-state index contributed by atoms with van der Waals surface area (Å²) in [6, 6.07) is 13.4. The minimum absolute atomic E-state index is 0.258. The number of hydrogen-bond donors (Lipinski definition) is 0. The van der Waals surface area contributed by atoms with Gasteiger partial charge in [0.05, 0.1) is 48.3 Å². The highest BCUT2D eigenvalue weighted by molar-refractivity contribution is 5.02. The Morgan fingerprint density at radius 2 is 0.645 bits per heavy atom. The van der Waals surface area contributed by atoms with Crippen molar-refractivity contribution in [2.24, 2.45) is 46.3 Å². The van der Waals surface area contributed by atoms with E-state index >= 15 is 0 Å². The normalized spacial score (nSPS) is 17.0. The molecule has 6 heteroatoms. The van der Waals surface area contributed by atoms with Crippen molar-refractivity contribution in [3.8, 4) is 36.4 Å². The van der Waals surface area contributed by atoms with E-state index in [1.807, 2.05) is 41.5 Å². The number of nitrogens with zero attached hydrogens (tertiary/aromatic N) is 6. The third kappa shape index (κ3) is 10.00. The summed E-state index contributed by atoms with van der Waals surface area (Å²) >= 11 is 0. The Hall–Kier alpha value is -3.06. The van der Waals surface area contributed by atoms with Crippen LogP contribution in [-0.4, -0.2) is 0 Å². The van der Waals surface area contributed by atoms with Crippen LogP contribution in [0, 0.1) is 114 Å². The first-order valence-corrected chi connectivity index (χ1v) is 10.7. The van der Waals surface area contributed by atoms with E-state index in [0.29, 0.717) is 25.7 Å². The van der Waals surface area contributed by atoms with E-state index in [4.69, 9.17) is 0 Å². The van der Waals surface area contributed by atoms with Crippen molar-refractivity contribution >= 4 is 0 Å². The molecule has 0 fully saturated rings. The summed E-state index contributed by atoms with van der Waals surface area (Å²) in [5.41, 5.74) is -0.517. The smallest absolute Gasteiger partial charge is 0.0661 e. The quantitative estimate of drug-likeness (QED) is 0.434. The average Bonchev–Trinajstić information content (AvgIpc) is 2.69. The van der Waals surface area contributed by atoms with Crippen molar-refractivity contribution in [3.05, 3.63) is 0 Å². The first kappa shape index (κ1) is 27.9. The molecule has 0 saturated carbocycles. The lowest BCUT2D eigenvalue weighted by Gasteiger charge is -2.28. The molecule has 0 amide bonds. The van der Waals surface area contributed by atoms with Gasteiger partial charge in [0.2, 0.25) is 0 Å². The monoisotopic (exact) mass is 418 g/mol. The first-order chi connectivity index (χ1) is 14.4. The van der Waals surface area contributed by atoms with Crippen LogP contribution in [-0.2, 0) is 0 Å². The zero-order valence-electron chi connectivity index (χ0n) is 19.7. The summed E-state index contributed by atoms with van der Waals surface area (Å²) in [6.07, 6.45) is 1.67. The van der Waals surface area contributed by atoms with Crippen molar-refractivity contribution in [2.75, 3.05) is 0 Å². The minimum Gasteiger partial charge on any atom is -0.198 e. The van der Waals surface area contributed by atoms with Gasteiger partial charge in [-0.1, -0.05) is 41.5 Å². The molecule has 0 aliphatic rings. The van der Waals surface area contributed by atoms with Gasteiger partial charge in [-0.2, -0.15) is 31.6 Å². The number of rotatable bonds is 10. The van der Waals surface area contributed by atoms with Crippen LogP contribution in [0.3, 0.4) is 0 Å². The zero-order chi connectivity index (χ0) is 24.2. The maximum Gasteiger partial charge on any atom is 0.0661 e. The van der Waals surface area contributed by atoms with E-state index in [2.05, 4.69) is 36.4 Å². The van der Waals surface area contributed by atoms with Gasteiger partial charge in [0.1, 0.15) is 0 Å². The lowest BCUT2D eigenvalue weighted by atomic mass is 9.73. The molecule has 0 aliphatic carbocycles. The predicted molar refractivity (Wildman–Crippen MR) is 117 cm³/mol. The second-order valence-electron chi connectivity index (χ2n) is 10.6. The van der Waals surface area contributed by atoms with Crippen molar-refractivity contribution in [3.63, 3.8) is 0 Å². The van der Waals surface area contributed by atoms with Crippen LogP contribution in [0.4, 0.5) is 0 Å². The zero-order valence-corrected chi connectivity index (χ0v) is 19.7. The number of nitriles is 6. The molecule has 31 heavy (non-hydrogen) atoms. The molecule has 0 rings (SSSR count). The molecular weight excluding hydrogens is 384 g/mol. The Morgan fingerprint density at radius 3 is 0.806 bits per heavy atom. The largest absolute Gasteiger partial charge is 0.198 e. The second-order valence-corrected chi connectivity index (χ2v) is 10.6. The minimum atomic E-state index is -0.498. The molecule has 6 atom stereocenters. The maximum absolute atomic E-state index is 9.61. The lowest BCUT2D eigenvalue weighted by Crippen LogP contribution is -2.24. The molecule has 0 aromatic heterocycles. The highest BCUT2D eigenvalue weighted by atomic mass is 14.4. The Kier molecular flexibility index (Phi) is 11.4. The van der Waals surface area contributed by atoms with Gasteiger partial charge >= 0.3 is 0 Å². The van der Waals surface area contributed by atoms with Gasteiger partial charge in [-0.05, 0) is 42.9 Å². The van der Waals surface area contributed by atoms with E-state index in [0.717, 1.165) is 0 Å². The van der Waals surface area contributed by atoms with E-state index in [1.54, 1.807) is 0 Å². The van der Waals surface area contributed by atoms with Gasteiger partial charge in [0.15, 0.2) is 0 Å². The first-order valence-electron chi connectivity index (χ1n) is 10.7. The summed E-state index contributed by atoms with van der Waals surface area (Å²) in [4.78, 5) is 0. The predicted octanol–water partition coefficient (Wildman–Crippen LogP) is 5.87. The fourth-order valence-corrected chi connectivity index (χ4v) is 3.61. The van der Waals surface area contributed by atoms with E-state index in [-0.39, 0.29) is 29.1 Å². The molecule has 6 unspecified atom stereocenters. The molecule has 0 N–H and O–H groups in total. The third-order valence-corrected chi connectivity index (χ3v) is 5.88. The molecule has 0 spiro atoms. The van der Waals surface area contributed by atoms with Crippen LogP contribution in [0.5, 0.6) is 0 Å². The molecule has 6 nitrogen and oxygen atoms in total. The summed E-state index contributed by atoms with van der Waals surface area (Å²) in [5, 5.41) is 57.2. The van der Waals surface area contributed by atoms with Crippen molar-refractivity contribution < 1.29 is 0 Å². The van der Waals surface area contributed by atoms with Gasteiger partial charge in [0, 0.05) is 23.7 Å². The molecule has 0 aliphatic heterocycles. The van der Waals surface area contributed by atoms with Crippen LogP contribution in [0.15, 0.2) is 0 Å². The van der Waals surface area contributed by atoms with Crippen molar-refractivity contribution in [1.29, 1.82) is 31.6 Å². The van der Waals surface area contributed by atoms with Crippen LogP contribution < -0.4 is 0 Å². The summed E-state index contributed by atoms with van der Waals surface area (Å²) in [5.74, 6) is -2.48. The molecule has 0 heterocycles. The number of hydrogen-bond acceptors (Lipinski definition) is 6. The van der Waals surface area contributed by atoms with Gasteiger partial charge in [-0.15, -0.1) is 0 Å². The molecular formula is C25H34N6. The Labute approximate surface area is 188 Å². The average molecular weight is 419 g/mol. The van der Waals surface area contributed by atoms with Crippen LogP contribution >= 0.6 is 0 Å². The van der Waals surface area contributed by atoms with E-state index < -0.39 is 23.7 Å². The van der Waals surface area contributed by atoms with E-state index in [9.17, 15) is 31.6 Å². The highest BCUT2D eigenvalue weighted by Gasteiger charge is 2.31. The summed E-state index contributed by atoms with van der Waals surface area (Å²) < 4.78 is 0. The van der Waals surface area contributed by atoms with Gasteiger partial charge < -0.3 is 0 Å².